The third kappa shape index (κ3) is 2.55. The molecule has 1 heterocycles. The first-order chi connectivity index (χ1) is 8.82. The van der Waals surface area contributed by atoms with Crippen LogP contribution < -0.4 is 4.90 Å². The molecule has 1 aliphatic heterocycles. The van der Waals surface area contributed by atoms with Gasteiger partial charge in [0.1, 0.15) is 5.82 Å². The van der Waals surface area contributed by atoms with Crippen LogP contribution in [0, 0.1) is 24.1 Å². The fraction of sp³-hybridized carbons (Fsp3) is 0.308. The van der Waals surface area contributed by atoms with Crippen molar-refractivity contribution in [2.24, 2.45) is 5.92 Å². The largest absolute Gasteiger partial charge is 0.419 e. The van der Waals surface area contributed by atoms with Crippen LogP contribution in [0.2, 0.25) is 0 Å². The molecule has 0 bridgehead atoms. The Kier molecular flexibility index (Phi) is 3.23. The van der Waals surface area contributed by atoms with E-state index in [-0.39, 0.29) is 30.5 Å². The summed E-state index contributed by atoms with van der Waals surface area (Å²) in [6.45, 7) is 0.151. The van der Waals surface area contributed by atoms with Crippen molar-refractivity contribution in [2.75, 3.05) is 11.4 Å². The maximum Gasteiger partial charge on any atom is 0.419 e. The van der Waals surface area contributed by atoms with E-state index in [0.29, 0.717) is 12.1 Å². The van der Waals surface area contributed by atoms with Crippen LogP contribution >= 0.6 is 0 Å². The average Bonchev–Trinajstić information content (AvgIpc) is 2.70. The van der Waals surface area contributed by atoms with E-state index in [9.17, 15) is 22.4 Å². The van der Waals surface area contributed by atoms with E-state index < -0.39 is 17.6 Å². The van der Waals surface area contributed by atoms with Crippen LogP contribution in [0.3, 0.4) is 0 Å². The van der Waals surface area contributed by atoms with Gasteiger partial charge in [-0.25, -0.2) is 4.39 Å². The number of anilines is 1. The Labute approximate surface area is 107 Å². The van der Waals surface area contributed by atoms with Gasteiger partial charge in [0.2, 0.25) is 5.91 Å². The summed E-state index contributed by atoms with van der Waals surface area (Å²) in [5.74, 6) is 0.341. The van der Waals surface area contributed by atoms with Crippen molar-refractivity contribution < 1.29 is 22.4 Å². The molecule has 1 saturated heterocycles. The lowest BCUT2D eigenvalue weighted by molar-refractivity contribution is -0.140. The molecule has 0 aromatic heterocycles. The van der Waals surface area contributed by atoms with Crippen molar-refractivity contribution >= 4 is 11.6 Å². The number of carbonyl (C=O) groups is 1. The number of rotatable bonds is 1. The summed E-state index contributed by atoms with van der Waals surface area (Å²) in [7, 11) is 0. The topological polar surface area (TPSA) is 20.3 Å². The number of alkyl halides is 3. The first kappa shape index (κ1) is 13.4. The van der Waals surface area contributed by atoms with E-state index in [1.165, 1.54) is 0 Å². The predicted molar refractivity (Wildman–Crippen MR) is 60.7 cm³/mol. The normalized spacial score (nSPS) is 19.6. The first-order valence-corrected chi connectivity index (χ1v) is 5.46. The van der Waals surface area contributed by atoms with Crippen molar-refractivity contribution in [1.29, 1.82) is 0 Å². The SMILES string of the molecule is C#CC1CC(=O)N(c2ccc(F)c(C(F)(F)F)c2)C1. The number of hydrogen-bond acceptors (Lipinski definition) is 1. The van der Waals surface area contributed by atoms with Crippen LogP contribution in [0.25, 0.3) is 0 Å². The average molecular weight is 271 g/mol. The standard InChI is InChI=1S/C13H9F4NO/c1-2-8-5-12(19)18(7-8)9-3-4-11(14)10(6-9)13(15,16)17/h1,3-4,6,8H,5,7H2. The van der Waals surface area contributed by atoms with Crippen LogP contribution in [-0.2, 0) is 11.0 Å². The monoisotopic (exact) mass is 271 g/mol. The third-order valence-corrected chi connectivity index (χ3v) is 2.93. The molecule has 19 heavy (non-hydrogen) atoms. The quantitative estimate of drug-likeness (QED) is 0.568. The Morgan fingerprint density at radius 2 is 2.05 bits per heavy atom. The van der Waals surface area contributed by atoms with Gasteiger partial charge < -0.3 is 4.90 Å². The van der Waals surface area contributed by atoms with Crippen LogP contribution in [0.4, 0.5) is 23.2 Å². The smallest absolute Gasteiger partial charge is 0.311 e. The fourth-order valence-electron chi connectivity index (χ4n) is 1.97. The summed E-state index contributed by atoms with van der Waals surface area (Å²) in [5.41, 5.74) is -1.38. The highest BCUT2D eigenvalue weighted by Crippen LogP contribution is 2.35. The summed E-state index contributed by atoms with van der Waals surface area (Å²) in [4.78, 5) is 12.8. The number of terminal acetylenes is 1. The molecule has 6 heteroatoms. The molecular weight excluding hydrogens is 262 g/mol. The molecule has 0 radical (unpaired) electrons. The van der Waals surface area contributed by atoms with Gasteiger partial charge in [-0.15, -0.1) is 12.3 Å². The summed E-state index contributed by atoms with van der Waals surface area (Å²) in [6, 6.07) is 2.47. The van der Waals surface area contributed by atoms with E-state index in [1.54, 1.807) is 0 Å². The summed E-state index contributed by atoms with van der Waals surface area (Å²) >= 11 is 0. The zero-order chi connectivity index (χ0) is 14.2. The molecular formula is C13H9F4NO. The van der Waals surface area contributed by atoms with Gasteiger partial charge in [0.15, 0.2) is 0 Å². The maximum absolute atomic E-state index is 13.1. The second-order valence-corrected chi connectivity index (χ2v) is 4.23. The molecule has 2 rings (SSSR count). The zero-order valence-electron chi connectivity index (χ0n) is 9.67. The lowest BCUT2D eigenvalue weighted by Crippen LogP contribution is -2.25. The van der Waals surface area contributed by atoms with Gasteiger partial charge in [-0.3, -0.25) is 4.79 Å². The molecule has 1 amide bonds. The van der Waals surface area contributed by atoms with Gasteiger partial charge in [0, 0.05) is 24.6 Å². The minimum absolute atomic E-state index is 0.0106. The second kappa shape index (κ2) is 4.57. The lowest BCUT2D eigenvalue weighted by atomic mass is 10.1. The van der Waals surface area contributed by atoms with Crippen molar-refractivity contribution in [1.82, 2.24) is 0 Å². The minimum atomic E-state index is -4.80. The van der Waals surface area contributed by atoms with Gasteiger partial charge in [0.05, 0.1) is 5.56 Å². The van der Waals surface area contributed by atoms with E-state index in [2.05, 4.69) is 5.92 Å². The molecule has 0 N–H and O–H groups in total. The van der Waals surface area contributed by atoms with Gasteiger partial charge in [-0.1, -0.05) is 0 Å². The highest BCUT2D eigenvalue weighted by molar-refractivity contribution is 5.96. The number of halogens is 4. The first-order valence-electron chi connectivity index (χ1n) is 5.46. The zero-order valence-corrected chi connectivity index (χ0v) is 9.67. The van der Waals surface area contributed by atoms with Gasteiger partial charge in [-0.05, 0) is 18.2 Å². The molecule has 2 nitrogen and oxygen atoms in total. The van der Waals surface area contributed by atoms with Crippen LogP contribution in [0.1, 0.15) is 12.0 Å². The van der Waals surface area contributed by atoms with Crippen LogP contribution in [0.5, 0.6) is 0 Å². The van der Waals surface area contributed by atoms with E-state index in [1.807, 2.05) is 0 Å². The van der Waals surface area contributed by atoms with E-state index >= 15 is 0 Å². The number of hydrogen-bond donors (Lipinski definition) is 0. The molecule has 0 aliphatic carbocycles. The molecule has 1 aliphatic rings. The van der Waals surface area contributed by atoms with Gasteiger partial charge >= 0.3 is 6.18 Å². The van der Waals surface area contributed by atoms with Gasteiger partial charge in [0.25, 0.3) is 0 Å². The Bertz CT molecular complexity index is 559. The predicted octanol–water partition coefficient (Wildman–Crippen LogP) is 2.83. The van der Waals surface area contributed by atoms with E-state index in [4.69, 9.17) is 6.42 Å². The number of benzene rings is 1. The van der Waals surface area contributed by atoms with Crippen molar-refractivity contribution in [3.8, 4) is 12.3 Å². The minimum Gasteiger partial charge on any atom is -0.311 e. The molecule has 1 aromatic carbocycles. The Balaban J connectivity index is 2.38. The molecule has 1 unspecified atom stereocenters. The molecule has 1 aromatic rings. The summed E-state index contributed by atoms with van der Waals surface area (Å²) < 4.78 is 50.9. The van der Waals surface area contributed by atoms with Crippen LogP contribution in [-0.4, -0.2) is 12.5 Å². The molecule has 100 valence electrons. The number of carbonyl (C=O) groups excluding carboxylic acids is 1. The molecule has 0 saturated carbocycles. The third-order valence-electron chi connectivity index (χ3n) is 2.93. The Morgan fingerprint density at radius 1 is 1.37 bits per heavy atom. The highest BCUT2D eigenvalue weighted by atomic mass is 19.4. The lowest BCUT2D eigenvalue weighted by Gasteiger charge is -2.18. The maximum atomic E-state index is 13.1. The second-order valence-electron chi connectivity index (χ2n) is 4.23. The molecule has 1 atom stereocenters. The highest BCUT2D eigenvalue weighted by Gasteiger charge is 2.36. The Hall–Kier alpha value is -2.03. The fourth-order valence-corrected chi connectivity index (χ4v) is 1.97. The van der Waals surface area contributed by atoms with Crippen molar-refractivity contribution in [2.45, 2.75) is 12.6 Å². The van der Waals surface area contributed by atoms with Crippen molar-refractivity contribution in [3.63, 3.8) is 0 Å². The molecule has 1 fully saturated rings. The summed E-state index contributed by atoms with van der Waals surface area (Å²) in [5, 5.41) is 0. The number of amides is 1. The molecule has 0 spiro atoms. The Morgan fingerprint density at radius 3 is 2.58 bits per heavy atom. The van der Waals surface area contributed by atoms with Gasteiger partial charge in [-0.2, -0.15) is 13.2 Å². The van der Waals surface area contributed by atoms with E-state index in [0.717, 1.165) is 11.0 Å². The van der Waals surface area contributed by atoms with Crippen LogP contribution in [0.15, 0.2) is 18.2 Å². The number of nitrogens with zero attached hydrogens (tertiary/aromatic N) is 1. The van der Waals surface area contributed by atoms with Crippen molar-refractivity contribution in [3.05, 3.63) is 29.6 Å². The summed E-state index contributed by atoms with van der Waals surface area (Å²) in [6.07, 6.45) is 0.486.